The minimum absolute atomic E-state index is 0.153. The van der Waals surface area contributed by atoms with E-state index in [-0.39, 0.29) is 16.7 Å². The molecule has 0 atom stereocenters. The van der Waals surface area contributed by atoms with Gasteiger partial charge in [0.15, 0.2) is 0 Å². The molecule has 0 radical (unpaired) electrons. The summed E-state index contributed by atoms with van der Waals surface area (Å²) < 4.78 is 6.85. The first kappa shape index (κ1) is 13.9. The van der Waals surface area contributed by atoms with Gasteiger partial charge in [-0.1, -0.05) is 0 Å². The summed E-state index contributed by atoms with van der Waals surface area (Å²) in [5.41, 5.74) is 1.48. The number of imidazole rings is 1. The maximum Gasteiger partial charge on any atom is 0.335 e. The Bertz CT molecular complexity index is 740. The fourth-order valence-corrected chi connectivity index (χ4v) is 2.77. The molecule has 6 nitrogen and oxygen atoms in total. The number of H-pyrrole nitrogens is 1. The number of ether oxygens (including phenoxy) is 1. The number of carboxylic acids is 1. The van der Waals surface area contributed by atoms with Crippen LogP contribution in [-0.2, 0) is 11.3 Å². The second-order valence-corrected chi connectivity index (χ2v) is 5.80. The molecular weight excluding hydrogens is 272 g/mol. The number of benzene rings is 1. The lowest BCUT2D eigenvalue weighted by molar-refractivity contribution is 0.0697. The van der Waals surface area contributed by atoms with Crippen molar-refractivity contribution in [3.63, 3.8) is 0 Å². The second kappa shape index (κ2) is 5.04. The van der Waals surface area contributed by atoms with Crippen LogP contribution < -0.4 is 5.69 Å². The Morgan fingerprint density at radius 3 is 2.86 bits per heavy atom. The average Bonchev–Trinajstić information content (AvgIpc) is 3.16. The molecule has 0 amide bonds. The molecule has 2 N–H and O–H groups in total. The summed E-state index contributed by atoms with van der Waals surface area (Å²) in [6.07, 6.45) is 3.14. The molecule has 1 aromatic heterocycles. The van der Waals surface area contributed by atoms with Gasteiger partial charge in [-0.25, -0.2) is 9.59 Å². The van der Waals surface area contributed by atoms with Gasteiger partial charge in [0.05, 0.1) is 16.6 Å². The molecule has 6 heteroatoms. The van der Waals surface area contributed by atoms with Crippen LogP contribution in [0.15, 0.2) is 23.0 Å². The van der Waals surface area contributed by atoms with E-state index in [1.807, 2.05) is 0 Å². The van der Waals surface area contributed by atoms with Gasteiger partial charge in [-0.05, 0) is 42.9 Å². The summed E-state index contributed by atoms with van der Waals surface area (Å²) >= 11 is 0. The Hall–Kier alpha value is -2.08. The Morgan fingerprint density at radius 2 is 2.24 bits per heavy atom. The minimum atomic E-state index is -0.996. The van der Waals surface area contributed by atoms with E-state index in [9.17, 15) is 9.59 Å². The van der Waals surface area contributed by atoms with Crippen molar-refractivity contribution < 1.29 is 14.6 Å². The first-order valence-corrected chi connectivity index (χ1v) is 6.99. The van der Waals surface area contributed by atoms with Crippen molar-refractivity contribution in [2.24, 2.45) is 5.41 Å². The van der Waals surface area contributed by atoms with Crippen molar-refractivity contribution in [2.45, 2.75) is 25.8 Å². The lowest BCUT2D eigenvalue weighted by atomic mass is 10.0. The molecule has 0 unspecified atom stereocenters. The Balaban J connectivity index is 1.94. The predicted molar refractivity (Wildman–Crippen MR) is 77.7 cm³/mol. The Labute approximate surface area is 121 Å². The zero-order valence-electron chi connectivity index (χ0n) is 11.9. The Morgan fingerprint density at radius 1 is 1.48 bits per heavy atom. The molecule has 112 valence electrons. The third kappa shape index (κ3) is 2.58. The van der Waals surface area contributed by atoms with Gasteiger partial charge in [0, 0.05) is 20.3 Å². The number of hydrogen-bond donors (Lipinski definition) is 2. The molecule has 0 spiro atoms. The average molecular weight is 290 g/mol. The smallest absolute Gasteiger partial charge is 0.335 e. The summed E-state index contributed by atoms with van der Waals surface area (Å²) in [6.45, 7) is 1.35. The number of nitrogens with one attached hydrogen (secondary N) is 1. The molecule has 1 aliphatic rings. The normalized spacial score (nSPS) is 16.2. The largest absolute Gasteiger partial charge is 0.478 e. The molecule has 0 aliphatic heterocycles. The van der Waals surface area contributed by atoms with Crippen LogP contribution in [0.2, 0.25) is 0 Å². The van der Waals surface area contributed by atoms with E-state index in [4.69, 9.17) is 9.84 Å². The number of methoxy groups -OCH3 is 1. The minimum Gasteiger partial charge on any atom is -0.478 e. The van der Waals surface area contributed by atoms with Crippen molar-refractivity contribution in [3.05, 3.63) is 34.2 Å². The zero-order chi connectivity index (χ0) is 15.0. The van der Waals surface area contributed by atoms with Crippen molar-refractivity contribution in [1.82, 2.24) is 9.55 Å². The van der Waals surface area contributed by atoms with Crippen molar-refractivity contribution in [3.8, 4) is 0 Å². The van der Waals surface area contributed by atoms with Crippen molar-refractivity contribution >= 4 is 17.0 Å². The number of aromatic amines is 1. The van der Waals surface area contributed by atoms with Crippen LogP contribution in [0.4, 0.5) is 0 Å². The third-order valence-electron chi connectivity index (χ3n) is 4.31. The maximum atomic E-state index is 12.1. The fraction of sp³-hybridized carbons (Fsp3) is 0.467. The van der Waals surface area contributed by atoms with Gasteiger partial charge in [-0.15, -0.1) is 0 Å². The molecule has 1 fully saturated rings. The topological polar surface area (TPSA) is 84.3 Å². The van der Waals surface area contributed by atoms with Crippen molar-refractivity contribution in [1.29, 1.82) is 0 Å². The van der Waals surface area contributed by atoms with E-state index in [1.165, 1.54) is 12.1 Å². The summed E-state index contributed by atoms with van der Waals surface area (Å²) in [5.74, 6) is -0.996. The fourth-order valence-electron chi connectivity index (χ4n) is 2.77. The number of fused-ring (bicyclic) bond motifs is 1. The number of aromatic carboxylic acids is 1. The van der Waals surface area contributed by atoms with E-state index >= 15 is 0 Å². The maximum absolute atomic E-state index is 12.1. The van der Waals surface area contributed by atoms with E-state index in [0.29, 0.717) is 18.7 Å². The van der Waals surface area contributed by atoms with Gasteiger partial charge < -0.3 is 14.8 Å². The van der Waals surface area contributed by atoms with Crippen LogP contribution in [0.1, 0.15) is 29.6 Å². The molecule has 21 heavy (non-hydrogen) atoms. The van der Waals surface area contributed by atoms with Gasteiger partial charge in [0.1, 0.15) is 0 Å². The third-order valence-corrected chi connectivity index (χ3v) is 4.31. The van der Waals surface area contributed by atoms with Gasteiger partial charge >= 0.3 is 11.7 Å². The monoisotopic (exact) mass is 290 g/mol. The van der Waals surface area contributed by atoms with Crippen molar-refractivity contribution in [2.75, 3.05) is 13.7 Å². The first-order chi connectivity index (χ1) is 10.0. The molecule has 1 heterocycles. The molecule has 0 saturated heterocycles. The van der Waals surface area contributed by atoms with Gasteiger partial charge in [0.25, 0.3) is 0 Å². The van der Waals surface area contributed by atoms with Gasteiger partial charge in [-0.2, -0.15) is 0 Å². The second-order valence-electron chi connectivity index (χ2n) is 5.80. The zero-order valence-corrected chi connectivity index (χ0v) is 11.9. The van der Waals surface area contributed by atoms with E-state index < -0.39 is 5.97 Å². The summed E-state index contributed by atoms with van der Waals surface area (Å²) in [5, 5.41) is 9.00. The van der Waals surface area contributed by atoms with E-state index in [1.54, 1.807) is 17.7 Å². The molecule has 0 bridgehead atoms. The van der Waals surface area contributed by atoms with Crippen LogP contribution in [0.25, 0.3) is 11.0 Å². The van der Waals surface area contributed by atoms with Gasteiger partial charge in [-0.3, -0.25) is 4.57 Å². The highest BCUT2D eigenvalue weighted by Gasteiger charge is 2.42. The van der Waals surface area contributed by atoms with Crippen LogP contribution in [-0.4, -0.2) is 34.3 Å². The summed E-state index contributed by atoms with van der Waals surface area (Å²) in [4.78, 5) is 25.9. The molecule has 1 aliphatic carbocycles. The predicted octanol–water partition coefficient (Wildman–Crippen LogP) is 1.84. The van der Waals surface area contributed by atoms with Crippen LogP contribution in [0.3, 0.4) is 0 Å². The van der Waals surface area contributed by atoms with Crippen LogP contribution in [0.5, 0.6) is 0 Å². The first-order valence-electron chi connectivity index (χ1n) is 6.99. The highest BCUT2D eigenvalue weighted by atomic mass is 16.5. The highest BCUT2D eigenvalue weighted by molar-refractivity contribution is 5.92. The molecule has 1 aromatic carbocycles. The molecule has 1 saturated carbocycles. The lowest BCUT2D eigenvalue weighted by Crippen LogP contribution is -2.23. The summed E-state index contributed by atoms with van der Waals surface area (Å²) in [6, 6.07) is 4.73. The quantitative estimate of drug-likeness (QED) is 0.850. The SMILES string of the molecule is COCCC1(Cn2c(=O)[nH]c3cc(C(=O)O)ccc32)CC1. The highest BCUT2D eigenvalue weighted by Crippen LogP contribution is 2.50. The number of carbonyl (C=O) groups is 1. The molecule has 2 aromatic rings. The molecule has 3 rings (SSSR count). The standard InChI is InChI=1S/C15H18N2O4/c1-21-7-6-15(4-5-15)9-17-12-3-2-10(13(18)19)8-11(12)16-14(17)20/h2-3,8H,4-7,9H2,1H3,(H,16,20)(H,18,19). The number of hydrogen-bond acceptors (Lipinski definition) is 3. The number of carboxylic acid groups (broad SMARTS) is 1. The van der Waals surface area contributed by atoms with Gasteiger partial charge in [0.2, 0.25) is 0 Å². The Kier molecular flexibility index (Phi) is 3.33. The summed E-state index contributed by atoms with van der Waals surface area (Å²) in [7, 11) is 1.68. The van der Waals surface area contributed by atoms with Crippen LogP contribution >= 0.6 is 0 Å². The van der Waals surface area contributed by atoms with E-state index in [2.05, 4.69) is 4.98 Å². The number of aromatic nitrogens is 2. The number of nitrogens with zero attached hydrogens (tertiary/aromatic N) is 1. The van der Waals surface area contributed by atoms with Crippen LogP contribution in [0, 0.1) is 5.41 Å². The van der Waals surface area contributed by atoms with E-state index in [0.717, 1.165) is 24.8 Å². The lowest BCUT2D eigenvalue weighted by Gasteiger charge is -2.15. The molecular formula is C15H18N2O4. The number of rotatable bonds is 6.